The summed E-state index contributed by atoms with van der Waals surface area (Å²) in [5.41, 5.74) is -0.576. The summed E-state index contributed by atoms with van der Waals surface area (Å²) in [6, 6.07) is -0.602. The molecule has 1 N–H and O–H groups in total. The Labute approximate surface area is 108 Å². The van der Waals surface area contributed by atoms with E-state index in [1.807, 2.05) is 13.8 Å². The van der Waals surface area contributed by atoms with Crippen molar-refractivity contribution >= 4 is 12.1 Å². The molecule has 5 heteroatoms. The molecule has 1 saturated heterocycles. The average Bonchev–Trinajstić information content (AvgIpc) is 2.89. The van der Waals surface area contributed by atoms with E-state index in [0.29, 0.717) is 12.3 Å². The highest BCUT2D eigenvalue weighted by Gasteiger charge is 2.57. The van der Waals surface area contributed by atoms with E-state index in [1.165, 1.54) is 4.90 Å². The van der Waals surface area contributed by atoms with Crippen LogP contribution in [0.2, 0.25) is 0 Å². The predicted octanol–water partition coefficient (Wildman–Crippen LogP) is 2.50. The van der Waals surface area contributed by atoms with E-state index in [4.69, 9.17) is 9.84 Å². The number of hydrogen-bond donors (Lipinski definition) is 1. The second-order valence-electron chi connectivity index (χ2n) is 5.54. The standard InChI is InChI=1S/C11H17NO4.C2H6/c1-11(2,3)16-10(15)12-7-4-6(7)5-8(12)9(13)14;1-2/h6-8H,4-5H2,1-3H3,(H,13,14);1-2H3. The number of amides is 1. The third kappa shape index (κ3) is 3.15. The van der Waals surface area contributed by atoms with E-state index >= 15 is 0 Å². The van der Waals surface area contributed by atoms with Crippen LogP contribution in [0.25, 0.3) is 0 Å². The fourth-order valence-electron chi connectivity index (χ4n) is 2.25. The van der Waals surface area contributed by atoms with Crippen LogP contribution in [-0.2, 0) is 9.53 Å². The maximum atomic E-state index is 11.9. The summed E-state index contributed by atoms with van der Waals surface area (Å²) in [6.07, 6.45) is 0.993. The van der Waals surface area contributed by atoms with Crippen molar-refractivity contribution in [3.63, 3.8) is 0 Å². The van der Waals surface area contributed by atoms with E-state index in [9.17, 15) is 9.59 Å². The van der Waals surface area contributed by atoms with Crippen LogP contribution in [0.15, 0.2) is 0 Å². The highest BCUT2D eigenvalue weighted by atomic mass is 16.6. The van der Waals surface area contributed by atoms with Crippen molar-refractivity contribution in [1.29, 1.82) is 0 Å². The number of ether oxygens (including phenoxy) is 1. The zero-order chi connectivity index (χ0) is 14.1. The van der Waals surface area contributed by atoms with E-state index in [-0.39, 0.29) is 6.04 Å². The predicted molar refractivity (Wildman–Crippen MR) is 67.4 cm³/mol. The molecule has 3 atom stereocenters. The topological polar surface area (TPSA) is 66.8 Å². The molecule has 5 nitrogen and oxygen atoms in total. The average molecular weight is 257 g/mol. The fraction of sp³-hybridized carbons (Fsp3) is 0.846. The Morgan fingerprint density at radius 3 is 2.22 bits per heavy atom. The molecule has 0 radical (unpaired) electrons. The first kappa shape index (κ1) is 14.8. The normalized spacial score (nSPS) is 28.9. The number of piperidine rings is 1. The van der Waals surface area contributed by atoms with E-state index in [2.05, 4.69) is 0 Å². The summed E-state index contributed by atoms with van der Waals surface area (Å²) < 4.78 is 5.22. The van der Waals surface area contributed by atoms with Gasteiger partial charge in [0.05, 0.1) is 0 Å². The molecule has 2 rings (SSSR count). The molecule has 1 aliphatic heterocycles. The van der Waals surface area contributed by atoms with Gasteiger partial charge in [-0.25, -0.2) is 9.59 Å². The molecule has 0 bridgehead atoms. The van der Waals surface area contributed by atoms with Crippen molar-refractivity contribution in [1.82, 2.24) is 4.90 Å². The first-order chi connectivity index (χ1) is 8.29. The fourth-order valence-corrected chi connectivity index (χ4v) is 2.25. The summed E-state index contributed by atoms with van der Waals surface area (Å²) in [5, 5.41) is 9.02. The molecule has 2 fully saturated rings. The summed E-state index contributed by atoms with van der Waals surface area (Å²) in [7, 11) is 0. The van der Waals surface area contributed by atoms with Crippen molar-refractivity contribution in [2.24, 2.45) is 5.92 Å². The maximum Gasteiger partial charge on any atom is 0.411 e. The van der Waals surface area contributed by atoms with Crippen LogP contribution in [0.3, 0.4) is 0 Å². The zero-order valence-electron chi connectivity index (χ0n) is 11.8. The minimum absolute atomic E-state index is 0.0935. The Hall–Kier alpha value is -1.26. The van der Waals surface area contributed by atoms with Gasteiger partial charge in [0.25, 0.3) is 0 Å². The van der Waals surface area contributed by atoms with Gasteiger partial charge >= 0.3 is 12.1 Å². The van der Waals surface area contributed by atoms with Crippen molar-refractivity contribution in [2.45, 2.75) is 65.1 Å². The Morgan fingerprint density at radius 1 is 1.22 bits per heavy atom. The van der Waals surface area contributed by atoms with Gasteiger partial charge in [-0.15, -0.1) is 0 Å². The smallest absolute Gasteiger partial charge is 0.411 e. The van der Waals surface area contributed by atoms with Crippen LogP contribution in [0.1, 0.15) is 47.5 Å². The van der Waals surface area contributed by atoms with Gasteiger partial charge in [-0.3, -0.25) is 4.90 Å². The summed E-state index contributed by atoms with van der Waals surface area (Å²) in [6.45, 7) is 9.34. The molecule has 0 aromatic heterocycles. The molecule has 1 aliphatic carbocycles. The van der Waals surface area contributed by atoms with Crippen molar-refractivity contribution in [3.05, 3.63) is 0 Å². The van der Waals surface area contributed by atoms with Gasteiger partial charge in [-0.1, -0.05) is 13.8 Å². The minimum atomic E-state index is -0.932. The number of nitrogens with zero attached hydrogens (tertiary/aromatic N) is 1. The molecule has 0 spiro atoms. The summed E-state index contributed by atoms with van der Waals surface area (Å²) in [4.78, 5) is 24.3. The Bertz CT molecular complexity index is 334. The molecular weight excluding hydrogens is 234 g/mol. The highest BCUT2D eigenvalue weighted by molar-refractivity contribution is 5.82. The second kappa shape index (κ2) is 5.16. The van der Waals surface area contributed by atoms with Crippen molar-refractivity contribution in [2.75, 3.05) is 0 Å². The summed E-state index contributed by atoms with van der Waals surface area (Å²) >= 11 is 0. The lowest BCUT2D eigenvalue weighted by Gasteiger charge is -2.28. The van der Waals surface area contributed by atoms with Gasteiger partial charge in [-0.2, -0.15) is 0 Å². The number of fused-ring (bicyclic) bond motifs is 1. The number of carbonyl (C=O) groups excluding carboxylic acids is 1. The molecule has 0 aromatic rings. The lowest BCUT2D eigenvalue weighted by molar-refractivity contribution is -0.142. The van der Waals surface area contributed by atoms with Crippen LogP contribution in [0.4, 0.5) is 4.79 Å². The Kier molecular flexibility index (Phi) is 4.24. The second-order valence-corrected chi connectivity index (χ2v) is 5.54. The van der Waals surface area contributed by atoms with Crippen molar-refractivity contribution < 1.29 is 19.4 Å². The third-order valence-electron chi connectivity index (χ3n) is 2.99. The van der Waals surface area contributed by atoms with Gasteiger partial charge < -0.3 is 9.84 Å². The minimum Gasteiger partial charge on any atom is -0.480 e. The molecule has 1 heterocycles. The number of rotatable bonds is 1. The van der Waals surface area contributed by atoms with Crippen molar-refractivity contribution in [3.8, 4) is 0 Å². The zero-order valence-corrected chi connectivity index (χ0v) is 11.8. The largest absolute Gasteiger partial charge is 0.480 e. The van der Waals surface area contributed by atoms with Crippen LogP contribution in [0.5, 0.6) is 0 Å². The quantitative estimate of drug-likeness (QED) is 0.783. The van der Waals surface area contributed by atoms with Gasteiger partial charge in [0.2, 0.25) is 0 Å². The van der Waals surface area contributed by atoms with Crippen LogP contribution >= 0.6 is 0 Å². The molecule has 18 heavy (non-hydrogen) atoms. The monoisotopic (exact) mass is 257 g/mol. The first-order valence-electron chi connectivity index (χ1n) is 6.54. The van der Waals surface area contributed by atoms with Gasteiger partial charge in [-0.05, 0) is 39.5 Å². The third-order valence-corrected chi connectivity index (χ3v) is 2.99. The number of carbonyl (C=O) groups is 2. The van der Waals surface area contributed by atoms with E-state index in [1.54, 1.807) is 20.8 Å². The van der Waals surface area contributed by atoms with Gasteiger partial charge in [0.1, 0.15) is 11.6 Å². The van der Waals surface area contributed by atoms with Crippen LogP contribution < -0.4 is 0 Å². The molecule has 3 unspecified atom stereocenters. The number of hydrogen-bond acceptors (Lipinski definition) is 3. The molecule has 2 aliphatic rings. The van der Waals surface area contributed by atoms with Crippen LogP contribution in [-0.4, -0.2) is 39.8 Å². The molecule has 1 saturated carbocycles. The molecule has 104 valence electrons. The lowest BCUT2D eigenvalue weighted by atomic mass is 10.2. The maximum absolute atomic E-state index is 11.9. The number of likely N-dealkylation sites (tertiary alicyclic amines) is 1. The SMILES string of the molecule is CC.CC(C)(C)OC(=O)N1C(C(=O)O)CC2CC21. The summed E-state index contributed by atoms with van der Waals surface area (Å²) in [5.74, 6) is -0.563. The number of aliphatic carboxylic acids is 1. The molecule has 0 aromatic carbocycles. The van der Waals surface area contributed by atoms with Crippen LogP contribution in [0, 0.1) is 5.92 Å². The first-order valence-corrected chi connectivity index (χ1v) is 6.54. The van der Waals surface area contributed by atoms with E-state index in [0.717, 1.165) is 6.42 Å². The Balaban J connectivity index is 0.000000771. The highest BCUT2D eigenvalue weighted by Crippen LogP contribution is 2.48. The van der Waals surface area contributed by atoms with Gasteiger partial charge in [0.15, 0.2) is 0 Å². The number of carboxylic acids is 1. The molecule has 1 amide bonds. The van der Waals surface area contributed by atoms with E-state index < -0.39 is 23.7 Å². The number of carboxylic acid groups (broad SMARTS) is 1. The molecular formula is C13H23NO4. The lowest BCUT2D eigenvalue weighted by Crippen LogP contribution is -2.45. The van der Waals surface area contributed by atoms with Gasteiger partial charge in [0, 0.05) is 6.04 Å². The Morgan fingerprint density at radius 2 is 1.78 bits per heavy atom.